The van der Waals surface area contributed by atoms with Gasteiger partial charge in [0.2, 0.25) is 0 Å². The summed E-state index contributed by atoms with van der Waals surface area (Å²) < 4.78 is 5.77. The van der Waals surface area contributed by atoms with Gasteiger partial charge in [0.15, 0.2) is 0 Å². The maximum absolute atomic E-state index is 5.77. The molecular formula is C17H14O. The molecule has 0 amide bonds. The van der Waals surface area contributed by atoms with Crippen LogP contribution in [-0.4, -0.2) is 12.2 Å². The van der Waals surface area contributed by atoms with Gasteiger partial charge in [-0.15, -0.1) is 0 Å². The number of benzene rings is 1. The van der Waals surface area contributed by atoms with Crippen molar-refractivity contribution in [1.82, 2.24) is 0 Å². The number of hydrogen-bond acceptors (Lipinski definition) is 1. The normalized spacial score (nSPS) is 38.0. The number of hydrogen-bond donors (Lipinski definition) is 0. The summed E-state index contributed by atoms with van der Waals surface area (Å²) in [5.41, 5.74) is 6.09. The van der Waals surface area contributed by atoms with Crippen LogP contribution < -0.4 is 0 Å². The fraction of sp³-hybridized carbons (Fsp3) is 0.294. The molecule has 0 aromatic heterocycles. The van der Waals surface area contributed by atoms with Gasteiger partial charge in [-0.1, -0.05) is 48.6 Å². The average molecular weight is 234 g/mol. The maximum atomic E-state index is 5.77. The highest BCUT2D eigenvalue weighted by atomic mass is 16.6. The first-order valence-electron chi connectivity index (χ1n) is 6.66. The molecule has 3 aliphatic carbocycles. The standard InChI is InChI=1S/C17H14O/c1-2-4-14-12(3-1)7-8-16-9-13(5-6-15(14)16)17(10-16)11-18-17/h1-8H,9-11H2. The van der Waals surface area contributed by atoms with Gasteiger partial charge in [0.25, 0.3) is 0 Å². The molecule has 2 unspecified atom stereocenters. The van der Waals surface area contributed by atoms with Crippen molar-refractivity contribution in [3.63, 3.8) is 0 Å². The lowest BCUT2D eigenvalue weighted by atomic mass is 9.69. The third-order valence-electron chi connectivity index (χ3n) is 5.01. The average Bonchev–Trinajstić information content (AvgIpc) is 3.14. The van der Waals surface area contributed by atoms with Gasteiger partial charge in [0.05, 0.1) is 6.61 Å². The minimum absolute atomic E-state index is 0.106. The summed E-state index contributed by atoms with van der Waals surface area (Å²) in [4.78, 5) is 0. The van der Waals surface area contributed by atoms with Gasteiger partial charge in [-0.3, -0.25) is 0 Å². The Labute approximate surface area is 106 Å². The third-order valence-corrected chi connectivity index (χ3v) is 5.01. The zero-order valence-corrected chi connectivity index (χ0v) is 10.1. The topological polar surface area (TPSA) is 12.5 Å². The molecule has 1 heteroatoms. The molecule has 4 aliphatic rings. The first-order valence-corrected chi connectivity index (χ1v) is 6.66. The SMILES string of the molecule is C1=CC23CC(=CC=C2c2ccccc21)C1(CO1)C3. The molecule has 0 radical (unpaired) electrons. The highest BCUT2D eigenvalue weighted by molar-refractivity contribution is 5.86. The van der Waals surface area contributed by atoms with Crippen LogP contribution in [0.5, 0.6) is 0 Å². The van der Waals surface area contributed by atoms with E-state index in [1.165, 1.54) is 22.3 Å². The fourth-order valence-corrected chi connectivity index (χ4v) is 4.01. The second kappa shape index (κ2) is 2.70. The monoisotopic (exact) mass is 234 g/mol. The van der Waals surface area contributed by atoms with E-state index in [0.29, 0.717) is 0 Å². The first kappa shape index (κ1) is 9.35. The smallest absolute Gasteiger partial charge is 0.114 e. The van der Waals surface area contributed by atoms with Gasteiger partial charge in [-0.2, -0.15) is 0 Å². The summed E-state index contributed by atoms with van der Waals surface area (Å²) in [5.74, 6) is 0. The van der Waals surface area contributed by atoms with Crippen molar-refractivity contribution < 1.29 is 4.74 Å². The summed E-state index contributed by atoms with van der Waals surface area (Å²) >= 11 is 0. The molecule has 1 saturated carbocycles. The molecule has 1 saturated heterocycles. The Morgan fingerprint density at radius 2 is 2.00 bits per heavy atom. The molecule has 18 heavy (non-hydrogen) atoms. The molecule has 0 N–H and O–H groups in total. The lowest BCUT2D eigenvalue weighted by molar-refractivity contribution is 0.325. The molecule has 1 aromatic rings. The van der Waals surface area contributed by atoms with Crippen molar-refractivity contribution in [1.29, 1.82) is 0 Å². The molecule has 1 nitrogen and oxygen atoms in total. The van der Waals surface area contributed by atoms with Crippen LogP contribution in [0.1, 0.15) is 24.0 Å². The summed E-state index contributed by atoms with van der Waals surface area (Å²) in [6.07, 6.45) is 11.7. The van der Waals surface area contributed by atoms with Gasteiger partial charge >= 0.3 is 0 Å². The van der Waals surface area contributed by atoms with Crippen LogP contribution >= 0.6 is 0 Å². The fourth-order valence-electron chi connectivity index (χ4n) is 4.01. The Morgan fingerprint density at radius 3 is 2.89 bits per heavy atom. The van der Waals surface area contributed by atoms with Gasteiger partial charge < -0.3 is 4.74 Å². The van der Waals surface area contributed by atoms with Gasteiger partial charge in [0, 0.05) is 5.41 Å². The quantitative estimate of drug-likeness (QED) is 0.625. The Morgan fingerprint density at radius 1 is 1.11 bits per heavy atom. The van der Waals surface area contributed by atoms with E-state index in [1.54, 1.807) is 0 Å². The highest BCUT2D eigenvalue weighted by Gasteiger charge is 2.61. The van der Waals surface area contributed by atoms with E-state index in [0.717, 1.165) is 19.4 Å². The van der Waals surface area contributed by atoms with Crippen molar-refractivity contribution in [2.45, 2.75) is 18.4 Å². The number of fused-ring (bicyclic) bond motifs is 4. The van der Waals surface area contributed by atoms with Crippen LogP contribution in [0.25, 0.3) is 11.6 Å². The Hall–Kier alpha value is -1.60. The lowest BCUT2D eigenvalue weighted by Crippen LogP contribution is -2.21. The molecule has 1 aliphatic heterocycles. The van der Waals surface area contributed by atoms with Crippen LogP contribution in [0.2, 0.25) is 0 Å². The van der Waals surface area contributed by atoms with Crippen LogP contribution in [0.4, 0.5) is 0 Å². The third kappa shape index (κ3) is 0.942. The van der Waals surface area contributed by atoms with E-state index in [1.807, 2.05) is 0 Å². The highest BCUT2D eigenvalue weighted by Crippen LogP contribution is 2.64. The molecular weight excluding hydrogens is 220 g/mol. The van der Waals surface area contributed by atoms with Gasteiger partial charge in [-0.05, 0) is 35.1 Å². The van der Waals surface area contributed by atoms with Gasteiger partial charge in [0.1, 0.15) is 5.60 Å². The van der Waals surface area contributed by atoms with Crippen LogP contribution in [0.15, 0.2) is 48.1 Å². The maximum Gasteiger partial charge on any atom is 0.114 e. The second-order valence-corrected chi connectivity index (χ2v) is 5.99. The summed E-state index contributed by atoms with van der Waals surface area (Å²) in [5, 5.41) is 0. The van der Waals surface area contributed by atoms with Crippen LogP contribution in [0, 0.1) is 5.41 Å². The van der Waals surface area contributed by atoms with E-state index in [4.69, 9.17) is 4.74 Å². The molecule has 2 spiro atoms. The van der Waals surface area contributed by atoms with E-state index in [9.17, 15) is 0 Å². The first-order chi connectivity index (χ1) is 8.81. The summed E-state index contributed by atoms with van der Waals surface area (Å²) in [6.45, 7) is 0.928. The summed E-state index contributed by atoms with van der Waals surface area (Å²) in [6, 6.07) is 8.72. The summed E-state index contributed by atoms with van der Waals surface area (Å²) in [7, 11) is 0. The van der Waals surface area contributed by atoms with Crippen LogP contribution in [-0.2, 0) is 4.74 Å². The van der Waals surface area contributed by atoms with E-state index >= 15 is 0 Å². The molecule has 2 bridgehead atoms. The number of ether oxygens (including phenoxy) is 1. The van der Waals surface area contributed by atoms with E-state index < -0.39 is 0 Å². The van der Waals surface area contributed by atoms with Crippen molar-refractivity contribution in [2.75, 3.05) is 6.61 Å². The Bertz CT molecular complexity index is 658. The molecule has 1 heterocycles. The van der Waals surface area contributed by atoms with Crippen molar-refractivity contribution in [3.05, 3.63) is 59.2 Å². The lowest BCUT2D eigenvalue weighted by Gasteiger charge is -2.34. The number of epoxide rings is 1. The minimum atomic E-state index is 0.106. The zero-order chi connectivity index (χ0) is 11.8. The Kier molecular flexibility index (Phi) is 1.40. The van der Waals surface area contributed by atoms with Crippen molar-refractivity contribution >= 4 is 11.6 Å². The Balaban J connectivity index is 1.76. The van der Waals surface area contributed by atoms with Crippen LogP contribution in [0.3, 0.4) is 0 Å². The minimum Gasteiger partial charge on any atom is -0.365 e. The predicted molar refractivity (Wildman–Crippen MR) is 71.9 cm³/mol. The molecule has 88 valence electrons. The van der Waals surface area contributed by atoms with E-state index in [2.05, 4.69) is 48.6 Å². The zero-order valence-electron chi connectivity index (χ0n) is 10.1. The van der Waals surface area contributed by atoms with Gasteiger partial charge in [-0.25, -0.2) is 0 Å². The largest absolute Gasteiger partial charge is 0.365 e. The second-order valence-electron chi connectivity index (χ2n) is 5.99. The molecule has 2 atom stereocenters. The molecule has 5 rings (SSSR count). The molecule has 1 aromatic carbocycles. The van der Waals surface area contributed by atoms with E-state index in [-0.39, 0.29) is 11.0 Å². The predicted octanol–water partition coefficient (Wildman–Crippen LogP) is 3.59. The van der Waals surface area contributed by atoms with Crippen molar-refractivity contribution in [2.24, 2.45) is 5.41 Å². The molecule has 2 fully saturated rings. The number of rotatable bonds is 0. The number of allylic oxidation sites excluding steroid dienone is 4. The van der Waals surface area contributed by atoms with Crippen molar-refractivity contribution in [3.8, 4) is 0 Å².